The maximum absolute atomic E-state index is 6.02. The molecule has 0 aliphatic rings. The monoisotopic (exact) mass is 287 g/mol. The van der Waals surface area contributed by atoms with Crippen molar-refractivity contribution in [2.45, 2.75) is 12.5 Å². The number of aromatic nitrogens is 4. The first-order valence-corrected chi connectivity index (χ1v) is 6.00. The molecule has 2 heterocycles. The lowest BCUT2D eigenvalue weighted by atomic mass is 10.2. The molecule has 0 bridgehead atoms. The number of rotatable bonds is 3. The molecule has 2 aromatic rings. The van der Waals surface area contributed by atoms with Crippen LogP contribution in [-0.4, -0.2) is 20.2 Å². The van der Waals surface area contributed by atoms with Crippen LogP contribution in [0.25, 0.3) is 0 Å². The van der Waals surface area contributed by atoms with Gasteiger partial charge in [0.2, 0.25) is 0 Å². The lowest BCUT2D eigenvalue weighted by Gasteiger charge is -2.04. The normalized spacial score (nSPS) is 13.0. The molecule has 0 aliphatic heterocycles. The molecule has 0 aliphatic carbocycles. The topological polar surface area (TPSA) is 69.6 Å². The fourth-order valence-corrected chi connectivity index (χ4v) is 2.65. The lowest BCUT2D eigenvalue weighted by molar-refractivity contribution is 0.623. The molecule has 2 rings (SSSR count). The van der Waals surface area contributed by atoms with Gasteiger partial charge in [0.15, 0.2) is 5.82 Å². The average Bonchev–Trinajstić information content (AvgIpc) is 2.75. The first-order chi connectivity index (χ1) is 7.15. The zero-order valence-corrected chi connectivity index (χ0v) is 10.5. The van der Waals surface area contributed by atoms with Crippen LogP contribution in [0.1, 0.15) is 16.7 Å². The minimum atomic E-state index is -0.0644. The smallest absolute Gasteiger partial charge is 0.176 e. The standard InChI is InChI=1S/C8H10BrN5S/c1-14-12-8(11-13-14)4-5(10)6-2-3-7(9)15-6/h2-3,5H,4,10H2,1H3. The summed E-state index contributed by atoms with van der Waals surface area (Å²) in [6.07, 6.45) is 0.612. The Morgan fingerprint density at radius 2 is 2.40 bits per heavy atom. The molecule has 80 valence electrons. The first-order valence-electron chi connectivity index (χ1n) is 4.39. The van der Waals surface area contributed by atoms with Crippen molar-refractivity contribution in [3.05, 3.63) is 26.6 Å². The summed E-state index contributed by atoms with van der Waals surface area (Å²) in [4.78, 5) is 2.56. The Morgan fingerprint density at radius 3 is 2.93 bits per heavy atom. The highest BCUT2D eigenvalue weighted by Crippen LogP contribution is 2.27. The number of tetrazole rings is 1. The third-order valence-corrected chi connectivity index (χ3v) is 3.67. The second-order valence-corrected chi connectivity index (χ2v) is 5.64. The SMILES string of the molecule is Cn1nnc(CC(N)c2ccc(Br)s2)n1. The van der Waals surface area contributed by atoms with E-state index in [0.29, 0.717) is 12.2 Å². The summed E-state index contributed by atoms with van der Waals surface area (Å²) in [5, 5.41) is 11.8. The van der Waals surface area contributed by atoms with Gasteiger partial charge < -0.3 is 5.73 Å². The predicted molar refractivity (Wildman–Crippen MR) is 61.4 cm³/mol. The van der Waals surface area contributed by atoms with Crippen molar-refractivity contribution >= 4 is 27.3 Å². The predicted octanol–water partition coefficient (Wildman–Crippen LogP) is 1.28. The van der Waals surface area contributed by atoms with E-state index in [1.54, 1.807) is 18.4 Å². The summed E-state index contributed by atoms with van der Waals surface area (Å²) in [5.74, 6) is 0.675. The highest BCUT2D eigenvalue weighted by Gasteiger charge is 2.12. The molecule has 0 saturated carbocycles. The Balaban J connectivity index is 2.06. The van der Waals surface area contributed by atoms with E-state index in [9.17, 15) is 0 Å². The van der Waals surface area contributed by atoms with Crippen molar-refractivity contribution in [1.29, 1.82) is 0 Å². The zero-order valence-electron chi connectivity index (χ0n) is 8.09. The molecule has 1 unspecified atom stereocenters. The van der Waals surface area contributed by atoms with Crippen molar-refractivity contribution < 1.29 is 0 Å². The van der Waals surface area contributed by atoms with Gasteiger partial charge >= 0.3 is 0 Å². The number of thiophene rings is 1. The summed E-state index contributed by atoms with van der Waals surface area (Å²) in [6.45, 7) is 0. The second-order valence-electron chi connectivity index (χ2n) is 3.15. The molecule has 0 radical (unpaired) electrons. The van der Waals surface area contributed by atoms with Crippen molar-refractivity contribution in [1.82, 2.24) is 20.2 Å². The highest BCUT2D eigenvalue weighted by atomic mass is 79.9. The Hall–Kier alpha value is -0.790. The van der Waals surface area contributed by atoms with E-state index < -0.39 is 0 Å². The molecule has 0 spiro atoms. The van der Waals surface area contributed by atoms with Crippen LogP contribution in [0.5, 0.6) is 0 Å². The Labute approximate surface area is 99.4 Å². The van der Waals surface area contributed by atoms with E-state index in [1.807, 2.05) is 12.1 Å². The number of nitrogens with two attached hydrogens (primary N) is 1. The Bertz CT molecular complexity index is 451. The zero-order chi connectivity index (χ0) is 10.8. The Morgan fingerprint density at radius 1 is 1.60 bits per heavy atom. The maximum Gasteiger partial charge on any atom is 0.176 e. The molecule has 2 aromatic heterocycles. The molecule has 15 heavy (non-hydrogen) atoms. The van der Waals surface area contributed by atoms with Gasteiger partial charge in [0.25, 0.3) is 0 Å². The molecule has 2 N–H and O–H groups in total. The quantitative estimate of drug-likeness (QED) is 0.923. The van der Waals surface area contributed by atoms with E-state index in [1.165, 1.54) is 4.80 Å². The van der Waals surface area contributed by atoms with E-state index in [4.69, 9.17) is 5.73 Å². The fourth-order valence-electron chi connectivity index (χ4n) is 1.23. The van der Waals surface area contributed by atoms with E-state index in [-0.39, 0.29) is 6.04 Å². The van der Waals surface area contributed by atoms with Crippen molar-refractivity contribution in [3.8, 4) is 0 Å². The number of hydrogen-bond acceptors (Lipinski definition) is 5. The number of nitrogens with zero attached hydrogens (tertiary/aromatic N) is 4. The van der Waals surface area contributed by atoms with Gasteiger partial charge in [-0.1, -0.05) is 0 Å². The van der Waals surface area contributed by atoms with Crippen LogP contribution in [0.15, 0.2) is 15.9 Å². The minimum absolute atomic E-state index is 0.0644. The largest absolute Gasteiger partial charge is 0.323 e. The summed E-state index contributed by atoms with van der Waals surface area (Å²) < 4.78 is 1.08. The van der Waals surface area contributed by atoms with E-state index >= 15 is 0 Å². The summed E-state index contributed by atoms with van der Waals surface area (Å²) >= 11 is 5.04. The molecule has 7 heteroatoms. The molecule has 5 nitrogen and oxygen atoms in total. The van der Waals surface area contributed by atoms with Gasteiger partial charge in [0.05, 0.1) is 10.8 Å². The molecular formula is C8H10BrN5S. The van der Waals surface area contributed by atoms with Crippen LogP contribution in [0.3, 0.4) is 0 Å². The van der Waals surface area contributed by atoms with Crippen LogP contribution in [-0.2, 0) is 13.5 Å². The molecular weight excluding hydrogens is 278 g/mol. The van der Waals surface area contributed by atoms with E-state index in [2.05, 4.69) is 31.3 Å². The number of halogens is 1. The van der Waals surface area contributed by atoms with Gasteiger partial charge in [0, 0.05) is 17.3 Å². The van der Waals surface area contributed by atoms with Gasteiger partial charge in [-0.05, 0) is 33.3 Å². The van der Waals surface area contributed by atoms with Crippen LogP contribution in [0.4, 0.5) is 0 Å². The summed E-state index contributed by atoms with van der Waals surface area (Å²) in [7, 11) is 1.74. The molecule has 0 aromatic carbocycles. The highest BCUT2D eigenvalue weighted by molar-refractivity contribution is 9.11. The third-order valence-electron chi connectivity index (χ3n) is 1.91. The Kier molecular flexibility index (Phi) is 3.13. The second kappa shape index (κ2) is 4.38. The molecule has 1 atom stereocenters. The lowest BCUT2D eigenvalue weighted by Crippen LogP contribution is -2.12. The minimum Gasteiger partial charge on any atom is -0.323 e. The molecule has 0 fully saturated rings. The van der Waals surface area contributed by atoms with Crippen molar-refractivity contribution in [2.75, 3.05) is 0 Å². The first kappa shape index (κ1) is 10.7. The molecule has 0 saturated heterocycles. The number of hydrogen-bond donors (Lipinski definition) is 1. The van der Waals surface area contributed by atoms with Crippen molar-refractivity contribution in [2.24, 2.45) is 12.8 Å². The van der Waals surface area contributed by atoms with E-state index in [0.717, 1.165) is 8.66 Å². The van der Waals surface area contributed by atoms with Gasteiger partial charge in [-0.2, -0.15) is 4.80 Å². The maximum atomic E-state index is 6.02. The van der Waals surface area contributed by atoms with Gasteiger partial charge in [-0.3, -0.25) is 0 Å². The fraction of sp³-hybridized carbons (Fsp3) is 0.375. The average molecular weight is 288 g/mol. The van der Waals surface area contributed by atoms with Gasteiger partial charge in [-0.25, -0.2) is 0 Å². The van der Waals surface area contributed by atoms with Gasteiger partial charge in [0.1, 0.15) is 0 Å². The third kappa shape index (κ3) is 2.61. The summed E-state index contributed by atoms with van der Waals surface area (Å²) in [5.41, 5.74) is 6.02. The molecule has 0 amide bonds. The number of aryl methyl sites for hydroxylation is 1. The van der Waals surface area contributed by atoms with Crippen molar-refractivity contribution in [3.63, 3.8) is 0 Å². The summed E-state index contributed by atoms with van der Waals surface area (Å²) in [6, 6.07) is 3.94. The van der Waals surface area contributed by atoms with Crippen LogP contribution in [0.2, 0.25) is 0 Å². The van der Waals surface area contributed by atoms with Crippen LogP contribution < -0.4 is 5.73 Å². The van der Waals surface area contributed by atoms with Gasteiger partial charge in [-0.15, -0.1) is 21.5 Å². The van der Waals surface area contributed by atoms with Crippen LogP contribution in [0, 0.1) is 0 Å². The van der Waals surface area contributed by atoms with Crippen LogP contribution >= 0.6 is 27.3 Å².